The quantitative estimate of drug-likeness (QED) is 0.195. The number of thiophene rings is 1. The fourth-order valence-corrected chi connectivity index (χ4v) is 6.36. The van der Waals surface area contributed by atoms with Crippen LogP contribution in [0.15, 0.2) is 107 Å². The smallest absolute Gasteiger partial charge is 0.253 e. The number of amides is 2. The summed E-state index contributed by atoms with van der Waals surface area (Å²) in [6, 6.07) is 26.1. The third-order valence-corrected chi connectivity index (χ3v) is 8.86. The highest BCUT2D eigenvalue weighted by molar-refractivity contribution is 7.99. The molecule has 222 valence electrons. The van der Waals surface area contributed by atoms with E-state index in [1.807, 2.05) is 47.8 Å². The van der Waals surface area contributed by atoms with E-state index in [4.69, 9.17) is 9.84 Å². The second-order valence-corrected chi connectivity index (χ2v) is 11.7. The van der Waals surface area contributed by atoms with Gasteiger partial charge in [0, 0.05) is 17.7 Å². The summed E-state index contributed by atoms with van der Waals surface area (Å²) < 4.78 is 20.8. The fourth-order valence-electron chi connectivity index (χ4n) is 4.82. The van der Waals surface area contributed by atoms with Gasteiger partial charge in [-0.15, -0.1) is 21.5 Å². The van der Waals surface area contributed by atoms with E-state index in [0.29, 0.717) is 28.7 Å². The van der Waals surface area contributed by atoms with Crippen LogP contribution in [0.5, 0.6) is 5.75 Å². The number of carbonyl (C=O) groups excluding carboxylic acids is 2. The zero-order valence-electron chi connectivity index (χ0n) is 23.6. The van der Waals surface area contributed by atoms with Crippen LogP contribution in [-0.4, -0.2) is 50.2 Å². The molecule has 0 aliphatic carbocycles. The van der Waals surface area contributed by atoms with Crippen LogP contribution in [0.25, 0.3) is 5.69 Å². The van der Waals surface area contributed by atoms with Crippen molar-refractivity contribution in [3.05, 3.63) is 124 Å². The minimum absolute atomic E-state index is 0.0313. The highest BCUT2D eigenvalue weighted by Gasteiger charge is 2.33. The molecule has 3 aromatic carbocycles. The molecule has 0 unspecified atom stereocenters. The number of thioether (sulfide) groups is 1. The first-order valence-electron chi connectivity index (χ1n) is 13.7. The van der Waals surface area contributed by atoms with E-state index in [2.05, 4.69) is 15.5 Å². The van der Waals surface area contributed by atoms with Gasteiger partial charge in [0.2, 0.25) is 0 Å². The van der Waals surface area contributed by atoms with Gasteiger partial charge in [0.15, 0.2) is 11.0 Å². The Kier molecular flexibility index (Phi) is 8.80. The number of methoxy groups -OCH3 is 1. The average molecular weight is 627 g/mol. The second-order valence-electron chi connectivity index (χ2n) is 9.80. The minimum atomic E-state index is -0.386. The Morgan fingerprint density at radius 2 is 1.77 bits per heavy atom. The Morgan fingerprint density at radius 1 is 1.00 bits per heavy atom. The summed E-state index contributed by atoms with van der Waals surface area (Å²) in [6.07, 6.45) is 0.584. The summed E-state index contributed by atoms with van der Waals surface area (Å²) in [7, 11) is 1.61. The molecule has 0 bridgehead atoms. The molecular formula is C32H27FN6O3S2. The van der Waals surface area contributed by atoms with Gasteiger partial charge in [0.05, 0.1) is 36.0 Å². The first-order valence-corrected chi connectivity index (χ1v) is 15.6. The predicted molar refractivity (Wildman–Crippen MR) is 168 cm³/mol. The van der Waals surface area contributed by atoms with Gasteiger partial charge in [-0.3, -0.25) is 14.2 Å². The van der Waals surface area contributed by atoms with Gasteiger partial charge >= 0.3 is 0 Å². The molecule has 1 atom stereocenters. The summed E-state index contributed by atoms with van der Waals surface area (Å²) >= 11 is 2.78. The summed E-state index contributed by atoms with van der Waals surface area (Å²) in [5, 5.41) is 20.2. The number of aromatic nitrogens is 3. The van der Waals surface area contributed by atoms with Crippen molar-refractivity contribution in [3.63, 3.8) is 0 Å². The Bertz CT molecular complexity index is 1780. The predicted octanol–water partition coefficient (Wildman–Crippen LogP) is 5.88. The number of nitrogens with zero attached hydrogens (tertiary/aromatic N) is 5. The lowest BCUT2D eigenvalue weighted by molar-refractivity contribution is -0.130. The van der Waals surface area contributed by atoms with E-state index >= 15 is 0 Å². The Labute approximate surface area is 261 Å². The summed E-state index contributed by atoms with van der Waals surface area (Å²) in [6.45, 7) is 0.0761. The van der Waals surface area contributed by atoms with Gasteiger partial charge in [-0.1, -0.05) is 48.2 Å². The molecule has 2 amide bonds. The normalized spacial score (nSPS) is 14.4. The molecule has 12 heteroatoms. The molecule has 0 spiro atoms. The summed E-state index contributed by atoms with van der Waals surface area (Å²) in [5.74, 6) is 0.352. The Balaban J connectivity index is 1.23. The molecule has 1 N–H and O–H groups in total. The molecule has 0 saturated carbocycles. The van der Waals surface area contributed by atoms with E-state index < -0.39 is 0 Å². The summed E-state index contributed by atoms with van der Waals surface area (Å²) in [5.41, 5.74) is 2.92. The maximum absolute atomic E-state index is 13.8. The zero-order valence-corrected chi connectivity index (χ0v) is 25.2. The minimum Gasteiger partial charge on any atom is -0.497 e. The number of hydrogen-bond donors (Lipinski definition) is 1. The molecule has 0 fully saturated rings. The molecule has 6 rings (SSSR count). The Morgan fingerprint density at radius 3 is 2.48 bits per heavy atom. The molecule has 2 aromatic heterocycles. The topological polar surface area (TPSA) is 102 Å². The number of nitrogens with one attached hydrogen (secondary N) is 1. The van der Waals surface area contributed by atoms with Crippen LogP contribution in [0.3, 0.4) is 0 Å². The Hall–Kier alpha value is -4.81. The zero-order chi connectivity index (χ0) is 30.5. The van der Waals surface area contributed by atoms with Crippen molar-refractivity contribution in [2.45, 2.75) is 24.2 Å². The van der Waals surface area contributed by atoms with Crippen molar-refractivity contribution in [3.8, 4) is 11.4 Å². The standard InChI is InChI=1S/C32H27FN6O3S2/c1-42-25-15-9-21(10-16-25)27-18-26(28-8-5-17-43-28)37-39(27)30(40)20-44-32-36-35-29(38(32)24-13-11-23(33)12-14-24)19-34-31(41)22-6-3-2-4-7-22/h2-17,27H,18-20H2,1H3,(H,34,41)/t27-/m1/s1. The molecule has 9 nitrogen and oxygen atoms in total. The van der Waals surface area contributed by atoms with Gasteiger partial charge in [-0.25, -0.2) is 9.40 Å². The van der Waals surface area contributed by atoms with Crippen molar-refractivity contribution >= 4 is 40.6 Å². The fraction of sp³-hybridized carbons (Fsp3) is 0.156. The monoisotopic (exact) mass is 626 g/mol. The lowest BCUT2D eigenvalue weighted by atomic mass is 10.0. The van der Waals surface area contributed by atoms with E-state index in [-0.39, 0.29) is 36.0 Å². The number of ether oxygens (including phenoxy) is 1. The molecule has 0 saturated heterocycles. The van der Waals surface area contributed by atoms with Crippen molar-refractivity contribution in [2.75, 3.05) is 12.9 Å². The van der Waals surface area contributed by atoms with E-state index in [9.17, 15) is 14.0 Å². The van der Waals surface area contributed by atoms with Crippen molar-refractivity contribution in [1.29, 1.82) is 0 Å². The van der Waals surface area contributed by atoms with E-state index in [1.165, 1.54) is 23.9 Å². The molecule has 44 heavy (non-hydrogen) atoms. The number of hydrogen-bond acceptors (Lipinski definition) is 8. The molecular weight excluding hydrogens is 600 g/mol. The molecule has 1 aliphatic heterocycles. The van der Waals surface area contributed by atoms with Crippen LogP contribution in [0.1, 0.15) is 39.1 Å². The lowest BCUT2D eigenvalue weighted by Gasteiger charge is -2.22. The summed E-state index contributed by atoms with van der Waals surface area (Å²) in [4.78, 5) is 27.4. The molecule has 1 aliphatic rings. The van der Waals surface area contributed by atoms with Gasteiger partial charge in [-0.2, -0.15) is 5.10 Å². The van der Waals surface area contributed by atoms with Crippen LogP contribution in [0.4, 0.5) is 4.39 Å². The van der Waals surface area contributed by atoms with Gasteiger partial charge < -0.3 is 10.1 Å². The van der Waals surface area contributed by atoms with Crippen molar-refractivity contribution < 1.29 is 18.7 Å². The van der Waals surface area contributed by atoms with Gasteiger partial charge in [-0.05, 0) is 65.5 Å². The highest BCUT2D eigenvalue weighted by atomic mass is 32.2. The van der Waals surface area contributed by atoms with Crippen LogP contribution >= 0.6 is 23.1 Å². The maximum Gasteiger partial charge on any atom is 0.253 e. The highest BCUT2D eigenvalue weighted by Crippen LogP contribution is 2.35. The molecule has 0 radical (unpaired) electrons. The average Bonchev–Trinajstić information content (AvgIpc) is 3.84. The maximum atomic E-state index is 13.8. The number of carbonyl (C=O) groups is 2. The van der Waals surface area contributed by atoms with Crippen LogP contribution < -0.4 is 10.1 Å². The van der Waals surface area contributed by atoms with Gasteiger partial charge in [0.1, 0.15) is 11.6 Å². The largest absolute Gasteiger partial charge is 0.497 e. The lowest BCUT2D eigenvalue weighted by Crippen LogP contribution is -2.28. The third-order valence-electron chi connectivity index (χ3n) is 7.03. The van der Waals surface area contributed by atoms with Crippen LogP contribution in [0, 0.1) is 5.82 Å². The number of benzene rings is 3. The van der Waals surface area contributed by atoms with Crippen molar-refractivity contribution in [1.82, 2.24) is 25.1 Å². The van der Waals surface area contributed by atoms with Crippen LogP contribution in [0.2, 0.25) is 0 Å². The van der Waals surface area contributed by atoms with Crippen molar-refractivity contribution in [2.24, 2.45) is 5.10 Å². The molecule has 5 aromatic rings. The SMILES string of the molecule is COc1ccc([C@H]2CC(c3cccs3)=NN2C(=O)CSc2nnc(CNC(=O)c3ccccc3)n2-c2ccc(F)cc2)cc1. The third kappa shape index (κ3) is 6.41. The number of rotatable bonds is 10. The van der Waals surface area contributed by atoms with Gasteiger partial charge in [0.25, 0.3) is 11.8 Å². The second kappa shape index (κ2) is 13.2. The van der Waals surface area contributed by atoms with E-state index in [0.717, 1.165) is 21.9 Å². The first-order chi connectivity index (χ1) is 21.5. The van der Waals surface area contributed by atoms with E-state index in [1.54, 1.807) is 64.4 Å². The number of hydrazone groups is 1. The first kappa shape index (κ1) is 29.3. The number of halogens is 1. The molecule has 3 heterocycles. The van der Waals surface area contributed by atoms with Crippen LogP contribution in [-0.2, 0) is 11.3 Å².